The van der Waals surface area contributed by atoms with E-state index in [0.29, 0.717) is 12.1 Å². The summed E-state index contributed by atoms with van der Waals surface area (Å²) in [5, 5.41) is 13.0. The summed E-state index contributed by atoms with van der Waals surface area (Å²) in [5.74, 6) is -0.0797. The van der Waals surface area contributed by atoms with Crippen LogP contribution in [0, 0.1) is 11.3 Å². The van der Waals surface area contributed by atoms with Gasteiger partial charge in [-0.15, -0.1) is 0 Å². The maximum Gasteiger partial charge on any atom is 0.246 e. The molecule has 1 amide bonds. The van der Waals surface area contributed by atoms with Gasteiger partial charge < -0.3 is 4.90 Å². The lowest BCUT2D eigenvalue weighted by Crippen LogP contribution is -2.23. The molecule has 0 N–H and O–H groups in total. The van der Waals surface area contributed by atoms with Gasteiger partial charge in [0.2, 0.25) is 5.91 Å². The molecule has 0 aliphatic carbocycles. The Morgan fingerprint density at radius 1 is 1.40 bits per heavy atom. The molecule has 0 spiro atoms. The molecule has 4 heteroatoms. The van der Waals surface area contributed by atoms with Gasteiger partial charge in [0.05, 0.1) is 11.6 Å². The van der Waals surface area contributed by atoms with E-state index >= 15 is 0 Å². The second kappa shape index (κ2) is 6.69. The second-order valence-corrected chi connectivity index (χ2v) is 5.14. The fourth-order valence-corrected chi connectivity index (χ4v) is 2.43. The summed E-state index contributed by atoms with van der Waals surface area (Å²) < 4.78 is 0. The summed E-state index contributed by atoms with van der Waals surface area (Å²) in [5.41, 5.74) is 2.45. The van der Waals surface area contributed by atoms with Crippen molar-refractivity contribution in [2.45, 2.75) is 6.54 Å². The number of benzene rings is 1. The summed E-state index contributed by atoms with van der Waals surface area (Å²) in [4.78, 5) is 13.6. The van der Waals surface area contributed by atoms with Gasteiger partial charge in [0, 0.05) is 19.7 Å². The Hall–Kier alpha value is -2.38. The third kappa shape index (κ3) is 3.56. The summed E-state index contributed by atoms with van der Waals surface area (Å²) in [7, 11) is 1.76. The number of likely N-dealkylation sites (N-methyl/N-ethyl adjacent to an activating group) is 1. The van der Waals surface area contributed by atoms with Crippen LogP contribution in [0.15, 0.2) is 47.2 Å². The Morgan fingerprint density at radius 3 is 2.90 bits per heavy atom. The summed E-state index contributed by atoms with van der Waals surface area (Å²) >= 11 is 1.62. The van der Waals surface area contributed by atoms with Crippen molar-refractivity contribution in [2.75, 3.05) is 7.05 Å². The Kier molecular flexibility index (Phi) is 4.70. The van der Waals surface area contributed by atoms with Crippen molar-refractivity contribution in [3.05, 3.63) is 63.9 Å². The van der Waals surface area contributed by atoms with Gasteiger partial charge in [0.15, 0.2) is 0 Å². The van der Waals surface area contributed by atoms with E-state index in [1.165, 1.54) is 6.08 Å². The van der Waals surface area contributed by atoms with Gasteiger partial charge in [-0.2, -0.15) is 16.6 Å². The minimum absolute atomic E-state index is 0.0797. The maximum absolute atomic E-state index is 12.0. The molecule has 3 nitrogen and oxygen atoms in total. The largest absolute Gasteiger partial charge is 0.338 e. The van der Waals surface area contributed by atoms with Crippen LogP contribution in [-0.2, 0) is 11.3 Å². The molecule has 0 saturated carbocycles. The third-order valence-corrected chi connectivity index (χ3v) is 3.59. The van der Waals surface area contributed by atoms with E-state index < -0.39 is 0 Å². The number of carbonyl (C=O) groups excluding carboxylic acids is 1. The first-order valence-electron chi connectivity index (χ1n) is 6.14. The molecule has 0 aliphatic rings. The smallest absolute Gasteiger partial charge is 0.246 e. The molecule has 20 heavy (non-hydrogen) atoms. The van der Waals surface area contributed by atoms with Gasteiger partial charge >= 0.3 is 0 Å². The van der Waals surface area contributed by atoms with Crippen LogP contribution in [0.4, 0.5) is 0 Å². The number of hydrogen-bond acceptors (Lipinski definition) is 3. The molecule has 1 heterocycles. The highest BCUT2D eigenvalue weighted by Gasteiger charge is 2.06. The molecule has 0 fully saturated rings. The van der Waals surface area contributed by atoms with Gasteiger partial charge in [-0.1, -0.05) is 18.2 Å². The molecule has 0 radical (unpaired) electrons. The van der Waals surface area contributed by atoms with E-state index in [4.69, 9.17) is 5.26 Å². The molecule has 0 atom stereocenters. The van der Waals surface area contributed by atoms with Gasteiger partial charge in [0.1, 0.15) is 0 Å². The first kappa shape index (κ1) is 14.0. The predicted molar refractivity (Wildman–Crippen MR) is 81.0 cm³/mol. The van der Waals surface area contributed by atoms with Crippen molar-refractivity contribution in [1.82, 2.24) is 4.90 Å². The Bertz CT molecular complexity index is 653. The lowest BCUT2D eigenvalue weighted by atomic mass is 10.1. The summed E-state index contributed by atoms with van der Waals surface area (Å²) in [6.07, 6.45) is 3.19. The molecular weight excluding hydrogens is 268 g/mol. The van der Waals surface area contributed by atoms with Crippen LogP contribution in [0.2, 0.25) is 0 Å². The van der Waals surface area contributed by atoms with Crippen molar-refractivity contribution >= 4 is 23.3 Å². The zero-order valence-electron chi connectivity index (χ0n) is 11.1. The first-order valence-corrected chi connectivity index (χ1v) is 7.08. The molecule has 0 unspecified atom stereocenters. The van der Waals surface area contributed by atoms with Gasteiger partial charge in [-0.3, -0.25) is 4.79 Å². The lowest BCUT2D eigenvalue weighted by Gasteiger charge is -2.13. The van der Waals surface area contributed by atoms with E-state index in [2.05, 4.69) is 6.07 Å². The number of nitrogens with zero attached hydrogens (tertiary/aromatic N) is 2. The molecule has 2 rings (SSSR count). The summed E-state index contributed by atoms with van der Waals surface area (Å²) in [6, 6.07) is 11.3. The average molecular weight is 282 g/mol. The number of carbonyl (C=O) groups is 1. The van der Waals surface area contributed by atoms with Crippen molar-refractivity contribution in [3.8, 4) is 6.07 Å². The highest BCUT2D eigenvalue weighted by Crippen LogP contribution is 2.11. The van der Waals surface area contributed by atoms with E-state index in [1.807, 2.05) is 29.0 Å². The molecule has 1 aromatic heterocycles. The standard InChI is InChI=1S/C16H14N2OS/c1-18(11-13-8-9-20-12-13)16(19)7-6-14-4-2-3-5-15(14)10-17/h2-9,12H,11H2,1H3/b7-6-. The van der Waals surface area contributed by atoms with Crippen LogP contribution in [0.25, 0.3) is 6.08 Å². The van der Waals surface area contributed by atoms with Crippen LogP contribution in [0.3, 0.4) is 0 Å². The fraction of sp³-hybridized carbons (Fsp3) is 0.125. The zero-order valence-corrected chi connectivity index (χ0v) is 11.9. The zero-order chi connectivity index (χ0) is 14.4. The van der Waals surface area contributed by atoms with Crippen LogP contribution in [0.5, 0.6) is 0 Å². The van der Waals surface area contributed by atoms with Crippen molar-refractivity contribution < 1.29 is 4.79 Å². The first-order chi connectivity index (χ1) is 9.70. The molecule has 100 valence electrons. The molecule has 0 bridgehead atoms. The number of hydrogen-bond donors (Lipinski definition) is 0. The fourth-order valence-electron chi connectivity index (χ4n) is 1.77. The quantitative estimate of drug-likeness (QED) is 0.808. The predicted octanol–water partition coefficient (Wildman–Crippen LogP) is 3.29. The molecular formula is C16H14N2OS. The Balaban J connectivity index is 2.03. The van der Waals surface area contributed by atoms with Crippen molar-refractivity contribution in [3.63, 3.8) is 0 Å². The van der Waals surface area contributed by atoms with Crippen LogP contribution in [-0.4, -0.2) is 17.9 Å². The third-order valence-electron chi connectivity index (χ3n) is 2.86. The molecule has 0 aliphatic heterocycles. The Labute approximate surface area is 122 Å². The number of amides is 1. The lowest BCUT2D eigenvalue weighted by molar-refractivity contribution is -0.125. The van der Waals surface area contributed by atoms with Crippen LogP contribution >= 0.6 is 11.3 Å². The normalized spacial score (nSPS) is 10.4. The van der Waals surface area contributed by atoms with Crippen molar-refractivity contribution in [1.29, 1.82) is 5.26 Å². The molecule has 2 aromatic rings. The summed E-state index contributed by atoms with van der Waals surface area (Å²) in [6.45, 7) is 0.590. The number of nitriles is 1. The second-order valence-electron chi connectivity index (χ2n) is 4.36. The number of rotatable bonds is 4. The van der Waals surface area contributed by atoms with Gasteiger partial charge in [-0.25, -0.2) is 0 Å². The van der Waals surface area contributed by atoms with Crippen LogP contribution < -0.4 is 0 Å². The van der Waals surface area contributed by atoms with Crippen molar-refractivity contribution in [2.24, 2.45) is 0 Å². The molecule has 1 aromatic carbocycles. The SMILES string of the molecule is CN(Cc1ccsc1)C(=O)/C=C\c1ccccc1C#N. The highest BCUT2D eigenvalue weighted by atomic mass is 32.1. The monoisotopic (exact) mass is 282 g/mol. The Morgan fingerprint density at radius 2 is 2.20 bits per heavy atom. The van der Waals surface area contributed by atoms with E-state index in [1.54, 1.807) is 41.5 Å². The number of thiophene rings is 1. The highest BCUT2D eigenvalue weighted by molar-refractivity contribution is 7.07. The van der Waals surface area contributed by atoms with E-state index in [0.717, 1.165) is 11.1 Å². The minimum atomic E-state index is -0.0797. The van der Waals surface area contributed by atoms with E-state index in [9.17, 15) is 4.79 Å². The van der Waals surface area contributed by atoms with Gasteiger partial charge in [0.25, 0.3) is 0 Å². The van der Waals surface area contributed by atoms with Crippen LogP contribution in [0.1, 0.15) is 16.7 Å². The van der Waals surface area contributed by atoms with Gasteiger partial charge in [-0.05, 0) is 40.1 Å². The minimum Gasteiger partial charge on any atom is -0.338 e. The average Bonchev–Trinajstić information content (AvgIpc) is 2.97. The van der Waals surface area contributed by atoms with E-state index in [-0.39, 0.29) is 5.91 Å². The topological polar surface area (TPSA) is 44.1 Å². The maximum atomic E-state index is 12.0. The molecule has 0 saturated heterocycles.